The molecule has 272 valence electrons. The first-order valence-corrected chi connectivity index (χ1v) is 20.5. The van der Waals surface area contributed by atoms with Crippen molar-refractivity contribution in [1.29, 1.82) is 0 Å². The largest absolute Gasteiger partial charge is 0.489 e. The van der Waals surface area contributed by atoms with Crippen LogP contribution in [0.4, 0.5) is 4.79 Å². The molecule has 0 saturated carbocycles. The summed E-state index contributed by atoms with van der Waals surface area (Å²) in [5.41, 5.74) is 11.5. The summed E-state index contributed by atoms with van der Waals surface area (Å²) in [4.78, 5) is 38.4. The maximum atomic E-state index is 13.6. The summed E-state index contributed by atoms with van der Waals surface area (Å²) >= 11 is 0. The van der Waals surface area contributed by atoms with Gasteiger partial charge in [0.25, 0.3) is 0 Å². The molecule has 51 heavy (non-hydrogen) atoms. The number of methoxy groups -OCH3 is 1. The summed E-state index contributed by atoms with van der Waals surface area (Å²) < 4.78 is 22.3. The first kappa shape index (κ1) is 40.8. The minimum Gasteiger partial charge on any atom is -0.489 e. The zero-order valence-corrected chi connectivity index (χ0v) is 31.6. The number of ether oxygens (including phenoxy) is 4. The minimum atomic E-state index is -1.48. The number of rotatable bonds is 17. The van der Waals surface area contributed by atoms with Crippen LogP contribution in [-0.2, 0) is 49.9 Å². The Bertz CT molecular complexity index is 1700. The normalized spacial score (nSPS) is 12.1. The number of benzene rings is 4. The van der Waals surface area contributed by atoms with E-state index in [-0.39, 0.29) is 50.5 Å². The number of amides is 1. The molecule has 0 saturated heterocycles. The van der Waals surface area contributed by atoms with Gasteiger partial charge in [0.1, 0.15) is 25.0 Å². The third-order valence-electron chi connectivity index (χ3n) is 8.02. The molecule has 0 aliphatic carbocycles. The Balaban J connectivity index is 0.00000702. The van der Waals surface area contributed by atoms with Gasteiger partial charge < -0.3 is 30.0 Å². The standard InChI is InChI=1S/C40H48N2O7Si.ClH/c1-46-38(43)26-35(41)23-31-16-11-17-32(22-31)33-18-19-37(48-27-29-12-7-5-8-13-29)34(24-33)25-36(39(44)47-20-21-50(2,3)4)42-40(45)49-28-30-14-9-6-10-15-30;/h5-19,22,24,35-36H,20-21,23,25-28,41H2,1-4H3,(H,42,45);1H/t35?,36-;/m0./s1. The third-order valence-corrected chi connectivity index (χ3v) is 9.73. The number of alkyl carbamates (subject to hydrolysis) is 1. The topological polar surface area (TPSA) is 126 Å². The van der Waals surface area contributed by atoms with Gasteiger partial charge in [0.05, 0.1) is 20.1 Å². The maximum absolute atomic E-state index is 13.6. The third kappa shape index (κ3) is 14.2. The zero-order valence-electron chi connectivity index (χ0n) is 29.8. The van der Waals surface area contributed by atoms with Gasteiger partial charge in [-0.25, -0.2) is 9.59 Å². The molecule has 4 aromatic rings. The molecule has 4 aromatic carbocycles. The van der Waals surface area contributed by atoms with Crippen molar-refractivity contribution in [1.82, 2.24) is 5.32 Å². The van der Waals surface area contributed by atoms with E-state index in [1.807, 2.05) is 103 Å². The van der Waals surface area contributed by atoms with Crippen molar-refractivity contribution in [2.75, 3.05) is 13.7 Å². The predicted octanol–water partition coefficient (Wildman–Crippen LogP) is 7.51. The number of hydrogen-bond donors (Lipinski definition) is 2. The van der Waals surface area contributed by atoms with Crippen LogP contribution in [0, 0.1) is 0 Å². The number of carbonyl (C=O) groups excluding carboxylic acids is 3. The van der Waals surface area contributed by atoms with Crippen LogP contribution < -0.4 is 15.8 Å². The molecule has 0 aliphatic heterocycles. The van der Waals surface area contributed by atoms with Crippen LogP contribution in [0.15, 0.2) is 103 Å². The Morgan fingerprint density at radius 2 is 1.37 bits per heavy atom. The fraction of sp³-hybridized carbons (Fsp3) is 0.325. The molecule has 3 N–H and O–H groups in total. The van der Waals surface area contributed by atoms with E-state index in [4.69, 9.17) is 24.7 Å². The Hall–Kier alpha value is -4.64. The lowest BCUT2D eigenvalue weighted by atomic mass is 9.95. The zero-order chi connectivity index (χ0) is 35.9. The van der Waals surface area contributed by atoms with Crippen LogP contribution in [0.1, 0.15) is 28.7 Å². The van der Waals surface area contributed by atoms with E-state index in [1.165, 1.54) is 7.11 Å². The summed E-state index contributed by atoms with van der Waals surface area (Å²) in [6, 6.07) is 32.3. The summed E-state index contributed by atoms with van der Waals surface area (Å²) in [5, 5.41) is 2.76. The van der Waals surface area contributed by atoms with Crippen LogP contribution in [0.25, 0.3) is 11.1 Å². The molecule has 0 spiro atoms. The van der Waals surface area contributed by atoms with Gasteiger partial charge in [0.2, 0.25) is 0 Å². The summed E-state index contributed by atoms with van der Waals surface area (Å²) in [7, 11) is -0.129. The molecular weight excluding hydrogens is 684 g/mol. The van der Waals surface area contributed by atoms with Gasteiger partial charge in [-0.2, -0.15) is 0 Å². The van der Waals surface area contributed by atoms with Crippen molar-refractivity contribution < 1.29 is 33.3 Å². The highest BCUT2D eigenvalue weighted by molar-refractivity contribution is 6.76. The summed E-state index contributed by atoms with van der Waals surface area (Å²) in [6.07, 6.45) is -0.00324. The van der Waals surface area contributed by atoms with E-state index < -0.39 is 26.2 Å². The van der Waals surface area contributed by atoms with Crippen LogP contribution in [-0.4, -0.2) is 51.9 Å². The number of nitrogens with one attached hydrogen (secondary N) is 1. The average Bonchev–Trinajstić information content (AvgIpc) is 3.10. The predicted molar refractivity (Wildman–Crippen MR) is 205 cm³/mol. The lowest BCUT2D eigenvalue weighted by molar-refractivity contribution is -0.145. The van der Waals surface area contributed by atoms with Gasteiger partial charge in [-0.05, 0) is 58.0 Å². The number of nitrogens with two attached hydrogens (primary N) is 1. The lowest BCUT2D eigenvalue weighted by Crippen LogP contribution is -2.44. The molecule has 0 aromatic heterocycles. The van der Waals surface area contributed by atoms with Gasteiger partial charge >= 0.3 is 18.0 Å². The molecule has 0 radical (unpaired) electrons. The van der Waals surface area contributed by atoms with Crippen LogP contribution in [0.3, 0.4) is 0 Å². The highest BCUT2D eigenvalue weighted by Crippen LogP contribution is 2.30. The number of carbonyl (C=O) groups is 3. The second-order valence-electron chi connectivity index (χ2n) is 13.5. The molecule has 1 amide bonds. The van der Waals surface area contributed by atoms with Crippen molar-refractivity contribution in [3.63, 3.8) is 0 Å². The van der Waals surface area contributed by atoms with Crippen LogP contribution in [0.5, 0.6) is 5.75 Å². The van der Waals surface area contributed by atoms with Crippen molar-refractivity contribution in [3.05, 3.63) is 125 Å². The lowest BCUT2D eigenvalue weighted by Gasteiger charge is -2.21. The van der Waals surface area contributed by atoms with Crippen molar-refractivity contribution in [2.24, 2.45) is 5.73 Å². The number of hydrogen-bond acceptors (Lipinski definition) is 8. The average molecular weight is 733 g/mol. The van der Waals surface area contributed by atoms with Crippen LogP contribution in [0.2, 0.25) is 25.7 Å². The van der Waals surface area contributed by atoms with Gasteiger partial charge in [0, 0.05) is 20.5 Å². The van der Waals surface area contributed by atoms with Crippen molar-refractivity contribution in [2.45, 2.75) is 70.2 Å². The fourth-order valence-electron chi connectivity index (χ4n) is 5.22. The molecule has 2 atom stereocenters. The summed E-state index contributed by atoms with van der Waals surface area (Å²) in [5.74, 6) is -0.315. The first-order valence-electron chi connectivity index (χ1n) is 16.8. The van der Waals surface area contributed by atoms with E-state index in [9.17, 15) is 14.4 Å². The molecule has 0 bridgehead atoms. The highest BCUT2D eigenvalue weighted by Gasteiger charge is 2.26. The molecule has 4 rings (SSSR count). The smallest absolute Gasteiger partial charge is 0.408 e. The van der Waals surface area contributed by atoms with E-state index in [0.717, 1.165) is 33.9 Å². The maximum Gasteiger partial charge on any atom is 0.408 e. The molecule has 0 heterocycles. The SMILES string of the molecule is COC(=O)CC(N)Cc1cccc(-c2ccc(OCc3ccccc3)c(C[C@H](NC(=O)OCc3ccccc3)C(=O)OCC[Si](C)(C)C)c2)c1.Cl. The first-order chi connectivity index (χ1) is 24.0. The van der Waals surface area contributed by atoms with Gasteiger partial charge in [-0.15, -0.1) is 12.4 Å². The molecule has 0 fully saturated rings. The van der Waals surface area contributed by atoms with E-state index >= 15 is 0 Å². The van der Waals surface area contributed by atoms with Gasteiger partial charge in [-0.1, -0.05) is 111 Å². The fourth-order valence-corrected chi connectivity index (χ4v) is 5.94. The Morgan fingerprint density at radius 1 is 0.745 bits per heavy atom. The highest BCUT2D eigenvalue weighted by atomic mass is 35.5. The monoisotopic (exact) mass is 732 g/mol. The molecule has 9 nitrogen and oxygen atoms in total. The van der Waals surface area contributed by atoms with Gasteiger partial charge in [-0.3, -0.25) is 4.79 Å². The molecule has 11 heteroatoms. The molecule has 0 aliphatic rings. The minimum absolute atomic E-state index is 0. The van der Waals surface area contributed by atoms with Crippen molar-refractivity contribution >= 4 is 38.5 Å². The van der Waals surface area contributed by atoms with Crippen molar-refractivity contribution in [3.8, 4) is 16.9 Å². The van der Waals surface area contributed by atoms with E-state index in [1.54, 1.807) is 0 Å². The quantitative estimate of drug-likeness (QED) is 0.0649. The van der Waals surface area contributed by atoms with Gasteiger partial charge in [0.15, 0.2) is 0 Å². The Morgan fingerprint density at radius 3 is 2.02 bits per heavy atom. The second kappa shape index (κ2) is 20.3. The molecular formula is C40H49ClN2O7Si. The van der Waals surface area contributed by atoms with Crippen LogP contribution >= 0.6 is 12.4 Å². The summed E-state index contributed by atoms with van der Waals surface area (Å²) in [6.45, 7) is 7.28. The van der Waals surface area contributed by atoms with E-state index in [0.29, 0.717) is 24.3 Å². The Labute approximate surface area is 308 Å². The molecule has 1 unspecified atom stereocenters. The van der Waals surface area contributed by atoms with E-state index in [2.05, 4.69) is 25.0 Å². The Kier molecular flexibility index (Phi) is 16.2. The number of esters is 2. The number of halogens is 1. The second-order valence-corrected chi connectivity index (χ2v) is 19.1.